The molecule has 1 aromatic carbocycles. The van der Waals surface area contributed by atoms with Crippen LogP contribution in [0.5, 0.6) is 5.75 Å². The zero-order valence-electron chi connectivity index (χ0n) is 14.6. The summed E-state index contributed by atoms with van der Waals surface area (Å²) in [6.45, 7) is 4.52. The molecule has 3 rings (SSSR count). The summed E-state index contributed by atoms with van der Waals surface area (Å²) in [5.41, 5.74) is 0.807. The Morgan fingerprint density at radius 1 is 1.25 bits per heavy atom. The normalized spacial score (nSPS) is 22.0. The lowest BCUT2D eigenvalue weighted by Gasteiger charge is -2.48. The third-order valence-corrected chi connectivity index (χ3v) is 5.37. The molecule has 1 spiro atoms. The summed E-state index contributed by atoms with van der Waals surface area (Å²) in [6, 6.07) is 8.03. The Kier molecular flexibility index (Phi) is 5.21. The van der Waals surface area contributed by atoms with Crippen LogP contribution >= 0.6 is 0 Å². The van der Waals surface area contributed by atoms with E-state index in [-0.39, 0.29) is 11.4 Å². The quantitative estimate of drug-likeness (QED) is 0.911. The zero-order chi connectivity index (χ0) is 17.0. The van der Waals surface area contributed by atoms with Gasteiger partial charge in [0.15, 0.2) is 0 Å². The third-order valence-electron chi connectivity index (χ3n) is 5.37. The van der Waals surface area contributed by atoms with Crippen LogP contribution in [0.2, 0.25) is 0 Å². The van der Waals surface area contributed by atoms with E-state index in [1.165, 1.54) is 0 Å². The molecule has 0 saturated carbocycles. The van der Waals surface area contributed by atoms with E-state index in [4.69, 9.17) is 4.74 Å². The van der Waals surface area contributed by atoms with Gasteiger partial charge in [0.05, 0.1) is 7.11 Å². The number of piperazine rings is 1. The van der Waals surface area contributed by atoms with E-state index in [2.05, 4.69) is 40.4 Å². The number of methoxy groups -OCH3 is 1. The van der Waals surface area contributed by atoms with Crippen molar-refractivity contribution in [2.24, 2.45) is 0 Å². The molecular weight excluding hydrogens is 302 g/mol. The van der Waals surface area contributed by atoms with Crippen LogP contribution in [0.25, 0.3) is 6.08 Å². The van der Waals surface area contributed by atoms with Crippen molar-refractivity contribution in [3.8, 4) is 5.75 Å². The number of likely N-dealkylation sites (N-methyl/N-ethyl adjacent to an activating group) is 1. The van der Waals surface area contributed by atoms with Gasteiger partial charge in [0.1, 0.15) is 11.3 Å². The van der Waals surface area contributed by atoms with Crippen molar-refractivity contribution in [3.05, 3.63) is 35.9 Å². The summed E-state index contributed by atoms with van der Waals surface area (Å²) in [6.07, 6.45) is 6.10. The summed E-state index contributed by atoms with van der Waals surface area (Å²) in [4.78, 5) is 17.0. The zero-order valence-corrected chi connectivity index (χ0v) is 14.6. The monoisotopic (exact) mass is 329 g/mol. The molecule has 1 aromatic rings. The third kappa shape index (κ3) is 3.32. The van der Waals surface area contributed by atoms with Gasteiger partial charge in [0.2, 0.25) is 5.91 Å². The largest absolute Gasteiger partial charge is 0.496 e. The fourth-order valence-electron chi connectivity index (χ4n) is 3.74. The van der Waals surface area contributed by atoms with Gasteiger partial charge in [-0.1, -0.05) is 30.4 Å². The standard InChI is InChI=1S/C19H27N3O2/c1-21-15-11-20-18(23)19(21)9-13-22(14-10-19)12-5-7-16-6-3-4-8-17(16)24-2/h3-8H,9-15H2,1-2H3,(H,20,23). The molecule has 0 aliphatic carbocycles. The highest BCUT2D eigenvalue weighted by atomic mass is 16.5. The second kappa shape index (κ2) is 7.36. The van der Waals surface area contributed by atoms with Gasteiger partial charge < -0.3 is 10.1 Å². The second-order valence-electron chi connectivity index (χ2n) is 6.65. The van der Waals surface area contributed by atoms with Crippen LogP contribution in [0.3, 0.4) is 0 Å². The smallest absolute Gasteiger partial charge is 0.240 e. The lowest BCUT2D eigenvalue weighted by Crippen LogP contribution is -2.66. The van der Waals surface area contributed by atoms with Gasteiger partial charge in [-0.05, 0) is 26.0 Å². The molecule has 0 atom stereocenters. The Morgan fingerprint density at radius 2 is 2.00 bits per heavy atom. The Morgan fingerprint density at radius 3 is 2.71 bits per heavy atom. The topological polar surface area (TPSA) is 44.8 Å². The number of rotatable bonds is 4. The van der Waals surface area contributed by atoms with Crippen LogP contribution in [0.15, 0.2) is 30.3 Å². The number of ether oxygens (including phenoxy) is 1. The van der Waals surface area contributed by atoms with Gasteiger partial charge in [0, 0.05) is 38.3 Å². The minimum absolute atomic E-state index is 0.209. The van der Waals surface area contributed by atoms with E-state index in [0.29, 0.717) is 0 Å². The summed E-state index contributed by atoms with van der Waals surface area (Å²) < 4.78 is 5.37. The number of likely N-dealkylation sites (tertiary alicyclic amines) is 1. The Bertz CT molecular complexity index is 606. The molecular formula is C19H27N3O2. The fourth-order valence-corrected chi connectivity index (χ4v) is 3.74. The van der Waals surface area contributed by atoms with Gasteiger partial charge >= 0.3 is 0 Å². The fraction of sp³-hybridized carbons (Fsp3) is 0.526. The van der Waals surface area contributed by atoms with E-state index < -0.39 is 0 Å². The highest BCUT2D eigenvalue weighted by Crippen LogP contribution is 2.30. The van der Waals surface area contributed by atoms with Gasteiger partial charge in [-0.15, -0.1) is 0 Å². The Labute approximate surface area is 144 Å². The maximum Gasteiger partial charge on any atom is 0.240 e. The van der Waals surface area contributed by atoms with Crippen molar-refractivity contribution in [3.63, 3.8) is 0 Å². The van der Waals surface area contributed by atoms with E-state index in [1.807, 2.05) is 18.2 Å². The number of benzene rings is 1. The molecule has 130 valence electrons. The van der Waals surface area contributed by atoms with E-state index >= 15 is 0 Å². The number of nitrogens with zero attached hydrogens (tertiary/aromatic N) is 2. The highest BCUT2D eigenvalue weighted by molar-refractivity contribution is 5.87. The van der Waals surface area contributed by atoms with Gasteiger partial charge in [-0.25, -0.2) is 0 Å². The molecule has 0 unspecified atom stereocenters. The van der Waals surface area contributed by atoms with Crippen molar-refractivity contribution >= 4 is 12.0 Å². The first kappa shape index (κ1) is 17.0. The molecule has 5 nitrogen and oxygen atoms in total. The van der Waals surface area contributed by atoms with Crippen molar-refractivity contribution in [2.45, 2.75) is 18.4 Å². The molecule has 0 bridgehead atoms. The predicted octanol–water partition coefficient (Wildman–Crippen LogP) is 1.60. The predicted molar refractivity (Wildman–Crippen MR) is 96.1 cm³/mol. The van der Waals surface area contributed by atoms with Crippen LogP contribution in [0.4, 0.5) is 0 Å². The van der Waals surface area contributed by atoms with Gasteiger partial charge in [0.25, 0.3) is 0 Å². The van der Waals surface area contributed by atoms with Crippen LogP contribution < -0.4 is 10.1 Å². The number of para-hydroxylation sites is 1. The molecule has 1 amide bonds. The SMILES string of the molecule is COc1ccccc1C=CCN1CCC2(CC1)C(=O)NCCN2C. The number of carbonyl (C=O) groups excluding carboxylic acids is 1. The summed E-state index contributed by atoms with van der Waals surface area (Å²) in [7, 11) is 3.78. The number of hydrogen-bond acceptors (Lipinski definition) is 4. The molecule has 1 N–H and O–H groups in total. The lowest BCUT2D eigenvalue weighted by atomic mass is 9.83. The molecule has 2 aliphatic heterocycles. The van der Waals surface area contributed by atoms with Crippen LogP contribution in [-0.2, 0) is 4.79 Å². The number of piperidine rings is 1. The number of hydrogen-bond donors (Lipinski definition) is 1. The maximum atomic E-state index is 12.4. The van der Waals surface area contributed by atoms with E-state index in [0.717, 1.165) is 56.9 Å². The van der Waals surface area contributed by atoms with Crippen LogP contribution in [-0.4, -0.2) is 68.1 Å². The van der Waals surface area contributed by atoms with Gasteiger partial charge in [-0.2, -0.15) is 0 Å². The molecule has 0 radical (unpaired) electrons. The molecule has 2 saturated heterocycles. The Hall–Kier alpha value is -1.85. The second-order valence-corrected chi connectivity index (χ2v) is 6.65. The van der Waals surface area contributed by atoms with E-state index in [1.54, 1.807) is 7.11 Å². The minimum Gasteiger partial charge on any atom is -0.496 e. The van der Waals surface area contributed by atoms with Crippen molar-refractivity contribution in [1.29, 1.82) is 0 Å². The molecule has 5 heteroatoms. The average Bonchev–Trinajstić information content (AvgIpc) is 2.61. The highest BCUT2D eigenvalue weighted by Gasteiger charge is 2.46. The molecule has 2 heterocycles. The first-order chi connectivity index (χ1) is 11.7. The summed E-state index contributed by atoms with van der Waals surface area (Å²) >= 11 is 0. The average molecular weight is 329 g/mol. The number of carbonyl (C=O) groups is 1. The minimum atomic E-state index is -0.291. The molecule has 24 heavy (non-hydrogen) atoms. The number of amides is 1. The van der Waals surface area contributed by atoms with Crippen LogP contribution in [0.1, 0.15) is 18.4 Å². The maximum absolute atomic E-state index is 12.4. The first-order valence-electron chi connectivity index (χ1n) is 8.67. The van der Waals surface area contributed by atoms with Crippen molar-refractivity contribution in [1.82, 2.24) is 15.1 Å². The lowest BCUT2D eigenvalue weighted by molar-refractivity contribution is -0.139. The van der Waals surface area contributed by atoms with Crippen molar-refractivity contribution in [2.75, 3.05) is 46.9 Å². The summed E-state index contributed by atoms with van der Waals surface area (Å²) in [5.74, 6) is 1.10. The van der Waals surface area contributed by atoms with Gasteiger partial charge in [-0.3, -0.25) is 14.6 Å². The molecule has 2 aliphatic rings. The first-order valence-corrected chi connectivity index (χ1v) is 8.67. The van der Waals surface area contributed by atoms with Crippen molar-refractivity contribution < 1.29 is 9.53 Å². The summed E-state index contributed by atoms with van der Waals surface area (Å²) in [5, 5.41) is 3.04. The van der Waals surface area contributed by atoms with E-state index in [9.17, 15) is 4.79 Å². The molecule has 2 fully saturated rings. The molecule has 0 aromatic heterocycles. The number of nitrogens with one attached hydrogen (secondary N) is 1. The van der Waals surface area contributed by atoms with Crippen LogP contribution in [0, 0.1) is 0 Å². The Balaban J connectivity index is 1.56.